The molecule has 3 heteroatoms. The van der Waals surface area contributed by atoms with Crippen LogP contribution in [0.2, 0.25) is 19.6 Å². The molecular weight excluding hydrogens is 339 g/mol. The van der Waals surface area contributed by atoms with Crippen LogP contribution in [-0.4, -0.2) is 20.3 Å². The summed E-state index contributed by atoms with van der Waals surface area (Å²) in [6.07, 6.45) is 7.60. The Morgan fingerprint density at radius 3 is 2.59 bits per heavy atom. The van der Waals surface area contributed by atoms with Gasteiger partial charge in [0.1, 0.15) is 0 Å². The molecule has 17 heavy (non-hydrogen) atoms. The maximum Gasteiger partial charge on any atom is 0.0804 e. The highest BCUT2D eigenvalue weighted by molar-refractivity contribution is 14.1. The Kier molecular flexibility index (Phi) is 6.44. The summed E-state index contributed by atoms with van der Waals surface area (Å²) < 4.78 is 8.18. The van der Waals surface area contributed by atoms with Crippen molar-refractivity contribution >= 4 is 30.7 Å². The third-order valence-corrected chi connectivity index (χ3v) is 4.55. The fourth-order valence-corrected chi connectivity index (χ4v) is 4.32. The molecule has 0 saturated carbocycles. The highest BCUT2D eigenvalue weighted by Gasteiger charge is 2.24. The second-order valence-electron chi connectivity index (χ2n) is 5.98. The van der Waals surface area contributed by atoms with Crippen molar-refractivity contribution in [3.8, 4) is 0 Å². The molecule has 1 nitrogen and oxygen atoms in total. The van der Waals surface area contributed by atoms with E-state index in [0.29, 0.717) is 12.2 Å². The normalized spacial score (nSPS) is 29.1. The zero-order valence-corrected chi connectivity index (χ0v) is 14.7. The number of halogens is 1. The zero-order chi connectivity index (χ0) is 12.9. The van der Waals surface area contributed by atoms with E-state index in [2.05, 4.69) is 65.0 Å². The molecular formula is C14H25IOSi. The minimum absolute atomic E-state index is 0.305. The van der Waals surface area contributed by atoms with E-state index < -0.39 is 8.07 Å². The maximum atomic E-state index is 6.09. The summed E-state index contributed by atoms with van der Waals surface area (Å²) in [7, 11) is -1.09. The van der Waals surface area contributed by atoms with Crippen molar-refractivity contribution in [3.05, 3.63) is 21.4 Å². The summed E-state index contributed by atoms with van der Waals surface area (Å²) in [5.74, 6) is 0. The molecule has 1 aliphatic rings. The first-order valence-electron chi connectivity index (χ1n) is 6.57. The number of rotatable bonds is 4. The SMILES string of the molecule is CCC[C@@H]1C/C(=C/[Si](C)(C)C)C[C@H](/C=C\I)O1. The predicted molar refractivity (Wildman–Crippen MR) is 87.4 cm³/mol. The van der Waals surface area contributed by atoms with Crippen LogP contribution in [0.15, 0.2) is 21.4 Å². The summed E-state index contributed by atoms with van der Waals surface area (Å²) in [6.45, 7) is 9.47. The first-order valence-corrected chi connectivity index (χ1v) is 11.4. The van der Waals surface area contributed by atoms with E-state index in [0.717, 1.165) is 12.8 Å². The largest absolute Gasteiger partial charge is 0.370 e. The standard InChI is InChI=1S/C14H25IOSi/c1-5-6-13-9-12(11-17(2,3)4)10-14(16-13)7-8-15/h7-8,11,13-14H,5-6,9-10H2,1-4H3/b8-7-,12-11-/t13-,14+/m1/s1. The van der Waals surface area contributed by atoms with Crippen LogP contribution in [-0.2, 0) is 4.74 Å². The van der Waals surface area contributed by atoms with Crippen LogP contribution in [0.1, 0.15) is 32.6 Å². The monoisotopic (exact) mass is 364 g/mol. The molecule has 1 heterocycles. The van der Waals surface area contributed by atoms with Gasteiger partial charge in [-0.15, -0.1) is 0 Å². The lowest BCUT2D eigenvalue weighted by atomic mass is 9.97. The van der Waals surface area contributed by atoms with Crippen molar-refractivity contribution in [2.24, 2.45) is 0 Å². The molecule has 1 saturated heterocycles. The zero-order valence-electron chi connectivity index (χ0n) is 11.5. The van der Waals surface area contributed by atoms with Gasteiger partial charge < -0.3 is 4.74 Å². The Balaban J connectivity index is 2.74. The molecule has 0 aromatic carbocycles. The molecule has 0 aromatic heterocycles. The van der Waals surface area contributed by atoms with Gasteiger partial charge in [0.25, 0.3) is 0 Å². The van der Waals surface area contributed by atoms with Gasteiger partial charge in [0.15, 0.2) is 0 Å². The van der Waals surface area contributed by atoms with Crippen molar-refractivity contribution < 1.29 is 4.74 Å². The molecule has 1 fully saturated rings. The van der Waals surface area contributed by atoms with Crippen molar-refractivity contribution in [1.82, 2.24) is 0 Å². The Labute approximate surface area is 121 Å². The summed E-state index contributed by atoms with van der Waals surface area (Å²) in [5, 5.41) is 0. The molecule has 0 N–H and O–H groups in total. The third kappa shape index (κ3) is 6.20. The summed E-state index contributed by atoms with van der Waals surface area (Å²) >= 11 is 2.28. The van der Waals surface area contributed by atoms with E-state index in [9.17, 15) is 0 Å². The molecule has 0 aromatic rings. The summed E-state index contributed by atoms with van der Waals surface area (Å²) in [4.78, 5) is 0. The van der Waals surface area contributed by atoms with Gasteiger partial charge in [-0.1, -0.05) is 66.8 Å². The molecule has 0 aliphatic carbocycles. The minimum atomic E-state index is -1.09. The van der Waals surface area contributed by atoms with Gasteiger partial charge in [-0.2, -0.15) is 0 Å². The average Bonchev–Trinajstić information content (AvgIpc) is 2.15. The topological polar surface area (TPSA) is 9.23 Å². The van der Waals surface area contributed by atoms with Crippen molar-refractivity contribution in [2.45, 2.75) is 64.5 Å². The number of ether oxygens (including phenoxy) is 1. The number of hydrogen-bond donors (Lipinski definition) is 0. The minimum Gasteiger partial charge on any atom is -0.370 e. The van der Waals surface area contributed by atoms with E-state index in [-0.39, 0.29) is 0 Å². The van der Waals surface area contributed by atoms with Gasteiger partial charge in [0.2, 0.25) is 0 Å². The lowest BCUT2D eigenvalue weighted by Gasteiger charge is -2.31. The smallest absolute Gasteiger partial charge is 0.0804 e. The molecule has 2 atom stereocenters. The summed E-state index contributed by atoms with van der Waals surface area (Å²) in [5.41, 5.74) is 4.21. The van der Waals surface area contributed by atoms with Crippen molar-refractivity contribution in [3.63, 3.8) is 0 Å². The van der Waals surface area contributed by atoms with Gasteiger partial charge in [0.05, 0.1) is 20.3 Å². The fourth-order valence-electron chi connectivity index (χ4n) is 2.39. The van der Waals surface area contributed by atoms with Crippen molar-refractivity contribution in [2.75, 3.05) is 0 Å². The Bertz CT molecular complexity index is 291. The van der Waals surface area contributed by atoms with Gasteiger partial charge in [-0.05, 0) is 29.4 Å². The molecule has 0 amide bonds. The van der Waals surface area contributed by atoms with Gasteiger partial charge in [-0.25, -0.2) is 0 Å². The molecule has 1 rings (SSSR count). The molecule has 1 aliphatic heterocycles. The lowest BCUT2D eigenvalue weighted by molar-refractivity contribution is -0.0102. The average molecular weight is 364 g/mol. The van der Waals surface area contributed by atoms with Crippen LogP contribution < -0.4 is 0 Å². The highest BCUT2D eigenvalue weighted by Crippen LogP contribution is 2.29. The van der Waals surface area contributed by atoms with E-state index in [4.69, 9.17) is 4.74 Å². The molecule has 0 bridgehead atoms. The Morgan fingerprint density at radius 1 is 1.35 bits per heavy atom. The summed E-state index contributed by atoms with van der Waals surface area (Å²) in [6, 6.07) is 0. The van der Waals surface area contributed by atoms with Crippen LogP contribution in [0.25, 0.3) is 0 Å². The second-order valence-corrected chi connectivity index (χ2v) is 11.7. The maximum absolute atomic E-state index is 6.09. The van der Waals surface area contributed by atoms with Crippen LogP contribution in [0.5, 0.6) is 0 Å². The molecule has 0 radical (unpaired) electrons. The van der Waals surface area contributed by atoms with Crippen LogP contribution in [0, 0.1) is 0 Å². The fraction of sp³-hybridized carbons (Fsp3) is 0.714. The third-order valence-electron chi connectivity index (χ3n) is 2.86. The Hall–Kier alpha value is 0.387. The van der Waals surface area contributed by atoms with Gasteiger partial charge in [-0.3, -0.25) is 0 Å². The number of hydrogen-bond acceptors (Lipinski definition) is 1. The van der Waals surface area contributed by atoms with Crippen molar-refractivity contribution in [1.29, 1.82) is 0 Å². The van der Waals surface area contributed by atoms with Crippen LogP contribution in [0.4, 0.5) is 0 Å². The quantitative estimate of drug-likeness (QED) is 0.499. The van der Waals surface area contributed by atoms with Crippen LogP contribution in [0.3, 0.4) is 0 Å². The first kappa shape index (κ1) is 15.4. The van der Waals surface area contributed by atoms with E-state index in [1.54, 1.807) is 5.57 Å². The van der Waals surface area contributed by atoms with Gasteiger partial charge >= 0.3 is 0 Å². The van der Waals surface area contributed by atoms with E-state index >= 15 is 0 Å². The van der Waals surface area contributed by atoms with E-state index in [1.807, 2.05) is 0 Å². The van der Waals surface area contributed by atoms with Gasteiger partial charge in [0, 0.05) is 0 Å². The Morgan fingerprint density at radius 2 is 2.06 bits per heavy atom. The lowest BCUT2D eigenvalue weighted by Crippen LogP contribution is -2.29. The molecule has 0 unspecified atom stereocenters. The van der Waals surface area contributed by atoms with E-state index in [1.165, 1.54) is 12.8 Å². The van der Waals surface area contributed by atoms with Crippen LogP contribution >= 0.6 is 22.6 Å². The molecule has 98 valence electrons. The highest BCUT2D eigenvalue weighted by atomic mass is 127. The first-order chi connectivity index (χ1) is 7.94. The molecule has 0 spiro atoms. The predicted octanol–water partition coefficient (Wildman–Crippen LogP) is 5.09. The second kappa shape index (κ2) is 7.09.